The molecular weight excluding hydrogens is 206 g/mol. The number of rotatable bonds is 3. The molecule has 1 aliphatic heterocycles. The second-order valence-electron chi connectivity index (χ2n) is 3.89. The van der Waals surface area contributed by atoms with Crippen LogP contribution in [0.15, 0.2) is 24.3 Å². The molecule has 0 amide bonds. The fraction of sp³-hybridized carbons (Fsp3) is 0.500. The maximum atomic E-state index is 9.72. The van der Waals surface area contributed by atoms with Gasteiger partial charge < -0.3 is 19.9 Å². The van der Waals surface area contributed by atoms with Crippen LogP contribution in [0.1, 0.15) is 6.42 Å². The Morgan fingerprint density at radius 1 is 1.25 bits per heavy atom. The van der Waals surface area contributed by atoms with E-state index in [1.807, 2.05) is 24.3 Å². The summed E-state index contributed by atoms with van der Waals surface area (Å²) in [7, 11) is 1.63. The lowest BCUT2D eigenvalue weighted by atomic mass is 10.1. The van der Waals surface area contributed by atoms with Gasteiger partial charge in [-0.3, -0.25) is 0 Å². The molecule has 0 spiro atoms. The molecular formula is C12H17NO3. The number of ether oxygens (including phenoxy) is 2. The fourth-order valence-electron chi connectivity index (χ4n) is 1.78. The average molecular weight is 223 g/mol. The van der Waals surface area contributed by atoms with Crippen LogP contribution >= 0.6 is 0 Å². The van der Waals surface area contributed by atoms with E-state index in [0.29, 0.717) is 6.54 Å². The molecule has 2 rings (SSSR count). The van der Waals surface area contributed by atoms with Crippen LogP contribution < -0.4 is 14.8 Å². The molecule has 4 heteroatoms. The van der Waals surface area contributed by atoms with Crippen molar-refractivity contribution in [2.45, 2.75) is 18.6 Å². The maximum absolute atomic E-state index is 9.72. The van der Waals surface area contributed by atoms with Crippen LogP contribution in [0.5, 0.6) is 11.5 Å². The highest BCUT2D eigenvalue weighted by Gasteiger charge is 2.24. The Labute approximate surface area is 95.2 Å². The Bertz CT molecular complexity index is 326. The second-order valence-corrected chi connectivity index (χ2v) is 3.89. The summed E-state index contributed by atoms with van der Waals surface area (Å²) in [5.74, 6) is 1.57. The maximum Gasteiger partial charge on any atom is 0.127 e. The second kappa shape index (κ2) is 5.18. The number of hydrogen-bond donors (Lipinski definition) is 2. The van der Waals surface area contributed by atoms with Gasteiger partial charge in [0.25, 0.3) is 0 Å². The molecule has 0 bridgehead atoms. The highest BCUT2D eigenvalue weighted by atomic mass is 16.5. The molecule has 0 aliphatic carbocycles. The number of hydrogen-bond acceptors (Lipinski definition) is 4. The third kappa shape index (κ3) is 2.65. The zero-order valence-corrected chi connectivity index (χ0v) is 9.35. The summed E-state index contributed by atoms with van der Waals surface area (Å²) < 4.78 is 10.8. The molecule has 2 atom stereocenters. The zero-order chi connectivity index (χ0) is 11.4. The molecule has 1 saturated heterocycles. The molecule has 1 aliphatic rings. The fourth-order valence-corrected chi connectivity index (χ4v) is 1.78. The molecule has 1 aromatic carbocycles. The lowest BCUT2D eigenvalue weighted by molar-refractivity contribution is 0.0162. The van der Waals surface area contributed by atoms with Crippen molar-refractivity contribution in [2.75, 3.05) is 20.2 Å². The van der Waals surface area contributed by atoms with Gasteiger partial charge in [-0.25, -0.2) is 0 Å². The largest absolute Gasteiger partial charge is 0.497 e. The van der Waals surface area contributed by atoms with Gasteiger partial charge in [0.05, 0.1) is 7.11 Å². The van der Waals surface area contributed by atoms with Crippen molar-refractivity contribution >= 4 is 0 Å². The van der Waals surface area contributed by atoms with Crippen LogP contribution in [-0.2, 0) is 0 Å². The molecule has 0 aromatic heterocycles. The SMILES string of the molecule is COc1ccc(O[C@@H]2CCNC[C@H]2O)cc1. The first-order valence-corrected chi connectivity index (χ1v) is 5.49. The summed E-state index contributed by atoms with van der Waals surface area (Å²) >= 11 is 0. The van der Waals surface area contributed by atoms with E-state index in [9.17, 15) is 5.11 Å². The molecule has 0 radical (unpaired) electrons. The molecule has 1 heterocycles. The monoisotopic (exact) mass is 223 g/mol. The van der Waals surface area contributed by atoms with Gasteiger partial charge in [0.1, 0.15) is 23.7 Å². The average Bonchev–Trinajstić information content (AvgIpc) is 2.33. The molecule has 88 valence electrons. The van der Waals surface area contributed by atoms with Gasteiger partial charge in [0, 0.05) is 6.54 Å². The van der Waals surface area contributed by atoms with E-state index in [1.165, 1.54) is 0 Å². The van der Waals surface area contributed by atoms with Crippen LogP contribution in [0.3, 0.4) is 0 Å². The molecule has 16 heavy (non-hydrogen) atoms. The van der Waals surface area contributed by atoms with E-state index < -0.39 is 6.10 Å². The predicted molar refractivity (Wildman–Crippen MR) is 60.9 cm³/mol. The number of benzene rings is 1. The molecule has 2 N–H and O–H groups in total. The van der Waals surface area contributed by atoms with Crippen molar-refractivity contribution in [2.24, 2.45) is 0 Å². The summed E-state index contributed by atoms with van der Waals surface area (Å²) in [6.07, 6.45) is 0.276. The van der Waals surface area contributed by atoms with Crippen molar-refractivity contribution in [3.05, 3.63) is 24.3 Å². The van der Waals surface area contributed by atoms with Crippen molar-refractivity contribution in [1.82, 2.24) is 5.32 Å². The van der Waals surface area contributed by atoms with E-state index in [1.54, 1.807) is 7.11 Å². The van der Waals surface area contributed by atoms with Gasteiger partial charge in [-0.15, -0.1) is 0 Å². The topological polar surface area (TPSA) is 50.7 Å². The smallest absolute Gasteiger partial charge is 0.127 e. The van der Waals surface area contributed by atoms with Crippen LogP contribution in [0.4, 0.5) is 0 Å². The minimum atomic E-state index is -0.434. The van der Waals surface area contributed by atoms with E-state index in [4.69, 9.17) is 9.47 Å². The van der Waals surface area contributed by atoms with Gasteiger partial charge >= 0.3 is 0 Å². The van der Waals surface area contributed by atoms with Crippen molar-refractivity contribution in [3.63, 3.8) is 0 Å². The summed E-state index contributed by atoms with van der Waals surface area (Å²) in [6.45, 7) is 1.48. The van der Waals surface area contributed by atoms with Crippen molar-refractivity contribution in [3.8, 4) is 11.5 Å². The first-order chi connectivity index (χ1) is 7.79. The number of β-amino-alcohol motifs (C(OH)–C–C–N with tert-alkyl or cyclic N) is 1. The van der Waals surface area contributed by atoms with Gasteiger partial charge in [-0.2, -0.15) is 0 Å². The summed E-state index contributed by atoms with van der Waals surface area (Å²) in [5, 5.41) is 12.8. The quantitative estimate of drug-likeness (QED) is 0.795. The first-order valence-electron chi connectivity index (χ1n) is 5.49. The number of piperidine rings is 1. The Hall–Kier alpha value is -1.26. The van der Waals surface area contributed by atoms with E-state index in [-0.39, 0.29) is 6.10 Å². The Morgan fingerprint density at radius 2 is 1.94 bits per heavy atom. The van der Waals surface area contributed by atoms with Crippen molar-refractivity contribution in [1.29, 1.82) is 0 Å². The predicted octanol–water partition coefficient (Wildman–Crippen LogP) is 0.797. The lowest BCUT2D eigenvalue weighted by Crippen LogP contribution is -2.46. The van der Waals surface area contributed by atoms with Gasteiger partial charge in [0.2, 0.25) is 0 Å². The van der Waals surface area contributed by atoms with E-state index in [2.05, 4.69) is 5.32 Å². The normalized spacial score (nSPS) is 25.1. The standard InChI is InChI=1S/C12H17NO3/c1-15-9-2-4-10(5-3-9)16-12-6-7-13-8-11(12)14/h2-5,11-14H,6-8H2,1H3/t11-,12-/m1/s1. The first kappa shape index (κ1) is 11.2. The zero-order valence-electron chi connectivity index (χ0n) is 9.35. The minimum absolute atomic E-state index is 0.116. The summed E-state index contributed by atoms with van der Waals surface area (Å²) in [5.41, 5.74) is 0. The Balaban J connectivity index is 1.96. The highest BCUT2D eigenvalue weighted by molar-refractivity contribution is 5.31. The summed E-state index contributed by atoms with van der Waals surface area (Å²) in [4.78, 5) is 0. The number of aliphatic hydroxyl groups excluding tert-OH is 1. The molecule has 0 saturated carbocycles. The van der Waals surface area contributed by atoms with Gasteiger partial charge in [-0.1, -0.05) is 0 Å². The third-order valence-electron chi connectivity index (χ3n) is 2.74. The lowest BCUT2D eigenvalue weighted by Gasteiger charge is -2.28. The Kier molecular flexibility index (Phi) is 3.64. The number of nitrogens with one attached hydrogen (secondary N) is 1. The van der Waals surface area contributed by atoms with Crippen LogP contribution in [0, 0.1) is 0 Å². The van der Waals surface area contributed by atoms with Crippen molar-refractivity contribution < 1.29 is 14.6 Å². The minimum Gasteiger partial charge on any atom is -0.497 e. The third-order valence-corrected chi connectivity index (χ3v) is 2.74. The molecule has 4 nitrogen and oxygen atoms in total. The van der Waals surface area contributed by atoms with Gasteiger partial charge in [-0.05, 0) is 37.2 Å². The Morgan fingerprint density at radius 3 is 2.56 bits per heavy atom. The van der Waals surface area contributed by atoms with Crippen LogP contribution in [0.25, 0.3) is 0 Å². The number of aliphatic hydroxyl groups is 1. The molecule has 0 unspecified atom stereocenters. The van der Waals surface area contributed by atoms with Crippen LogP contribution in [0.2, 0.25) is 0 Å². The number of methoxy groups -OCH3 is 1. The highest BCUT2D eigenvalue weighted by Crippen LogP contribution is 2.20. The molecule has 1 aromatic rings. The van der Waals surface area contributed by atoms with E-state index in [0.717, 1.165) is 24.5 Å². The van der Waals surface area contributed by atoms with E-state index >= 15 is 0 Å². The van der Waals surface area contributed by atoms with Crippen LogP contribution in [-0.4, -0.2) is 37.5 Å². The summed E-state index contributed by atoms with van der Waals surface area (Å²) in [6, 6.07) is 7.41. The van der Waals surface area contributed by atoms with Gasteiger partial charge in [0.15, 0.2) is 0 Å². The molecule has 1 fully saturated rings.